The Morgan fingerprint density at radius 1 is 1.41 bits per heavy atom. The zero-order valence-electron chi connectivity index (χ0n) is 9.76. The highest BCUT2D eigenvalue weighted by molar-refractivity contribution is 5.84. The van der Waals surface area contributed by atoms with E-state index in [4.69, 9.17) is 4.74 Å². The van der Waals surface area contributed by atoms with Gasteiger partial charge in [-0.1, -0.05) is 12.1 Å². The quantitative estimate of drug-likeness (QED) is 0.570. The van der Waals surface area contributed by atoms with Crippen molar-refractivity contribution in [2.45, 2.75) is 25.4 Å². The SMILES string of the molecule is COc1ccc(CN2C(=O)C[C@H]2CC=O)cc1. The molecule has 1 amide bonds. The number of methoxy groups -OCH3 is 1. The van der Waals surface area contributed by atoms with Crippen LogP contribution in [0.5, 0.6) is 5.75 Å². The highest BCUT2D eigenvalue weighted by Crippen LogP contribution is 2.24. The molecule has 0 bridgehead atoms. The third-order valence-corrected chi connectivity index (χ3v) is 3.05. The van der Waals surface area contributed by atoms with E-state index in [9.17, 15) is 9.59 Å². The van der Waals surface area contributed by atoms with Gasteiger partial charge in [-0.05, 0) is 17.7 Å². The molecule has 2 rings (SSSR count). The fraction of sp³-hybridized carbons (Fsp3) is 0.385. The van der Waals surface area contributed by atoms with Gasteiger partial charge in [-0.15, -0.1) is 0 Å². The number of nitrogens with zero attached hydrogens (tertiary/aromatic N) is 1. The Hall–Kier alpha value is -1.84. The summed E-state index contributed by atoms with van der Waals surface area (Å²) in [6.45, 7) is 0.571. The van der Waals surface area contributed by atoms with Gasteiger partial charge >= 0.3 is 0 Å². The van der Waals surface area contributed by atoms with Crippen molar-refractivity contribution in [3.63, 3.8) is 0 Å². The average Bonchev–Trinajstić information content (AvgIpc) is 2.36. The summed E-state index contributed by atoms with van der Waals surface area (Å²) in [5.74, 6) is 0.917. The minimum Gasteiger partial charge on any atom is -0.497 e. The van der Waals surface area contributed by atoms with E-state index < -0.39 is 0 Å². The molecule has 0 unspecified atom stereocenters. The van der Waals surface area contributed by atoms with Crippen LogP contribution in [0.25, 0.3) is 0 Å². The molecular formula is C13H15NO3. The van der Waals surface area contributed by atoms with E-state index in [0.717, 1.165) is 17.6 Å². The summed E-state index contributed by atoms with van der Waals surface area (Å²) in [4.78, 5) is 23.6. The minimum atomic E-state index is 0.0853. The van der Waals surface area contributed by atoms with Crippen molar-refractivity contribution in [1.82, 2.24) is 4.90 Å². The molecule has 1 saturated heterocycles. The molecule has 1 aliphatic rings. The zero-order valence-corrected chi connectivity index (χ0v) is 9.76. The number of β-lactam (4-membered cyclic amide) rings is 1. The number of hydrogen-bond acceptors (Lipinski definition) is 3. The maximum Gasteiger partial charge on any atom is 0.225 e. The maximum absolute atomic E-state index is 11.4. The predicted molar refractivity (Wildman–Crippen MR) is 62.6 cm³/mol. The fourth-order valence-corrected chi connectivity index (χ4v) is 1.99. The number of likely N-dealkylation sites (tertiary alicyclic amines) is 1. The summed E-state index contributed by atoms with van der Waals surface area (Å²) in [6, 6.07) is 7.69. The molecule has 0 saturated carbocycles. The standard InChI is InChI=1S/C13H15NO3/c1-17-12-4-2-10(3-5-12)9-14-11(6-7-15)8-13(14)16/h2-5,7,11H,6,8-9H2,1H3/t11-/m1/s1. The number of hydrogen-bond donors (Lipinski definition) is 0. The summed E-state index contributed by atoms with van der Waals surface area (Å²) in [7, 11) is 1.62. The molecular weight excluding hydrogens is 218 g/mol. The Morgan fingerprint density at radius 3 is 2.65 bits per heavy atom. The van der Waals surface area contributed by atoms with E-state index in [1.165, 1.54) is 0 Å². The number of aldehydes is 1. The van der Waals surface area contributed by atoms with Gasteiger partial charge in [0.05, 0.1) is 7.11 Å². The molecule has 1 aromatic rings. The molecule has 1 atom stereocenters. The van der Waals surface area contributed by atoms with Gasteiger partial charge in [0.1, 0.15) is 12.0 Å². The highest BCUT2D eigenvalue weighted by atomic mass is 16.5. The van der Waals surface area contributed by atoms with Crippen LogP contribution in [0.1, 0.15) is 18.4 Å². The first-order chi connectivity index (χ1) is 8.24. The van der Waals surface area contributed by atoms with Crippen LogP contribution in [0.15, 0.2) is 24.3 Å². The van der Waals surface area contributed by atoms with Gasteiger partial charge in [0, 0.05) is 25.4 Å². The van der Waals surface area contributed by atoms with E-state index in [0.29, 0.717) is 19.4 Å². The van der Waals surface area contributed by atoms with Crippen LogP contribution in [-0.2, 0) is 16.1 Å². The van der Waals surface area contributed by atoms with Crippen LogP contribution >= 0.6 is 0 Å². The molecule has 0 aromatic heterocycles. The number of benzene rings is 1. The Labute approximate surface area is 100 Å². The molecule has 4 heteroatoms. The summed E-state index contributed by atoms with van der Waals surface area (Å²) < 4.78 is 5.07. The van der Waals surface area contributed by atoms with Gasteiger partial charge < -0.3 is 14.4 Å². The lowest BCUT2D eigenvalue weighted by atomic mass is 9.98. The molecule has 1 heterocycles. The number of amides is 1. The summed E-state index contributed by atoms with van der Waals surface area (Å²) in [5, 5.41) is 0. The lowest BCUT2D eigenvalue weighted by Crippen LogP contribution is -2.51. The van der Waals surface area contributed by atoms with E-state index in [-0.39, 0.29) is 11.9 Å². The number of carbonyl (C=O) groups is 2. The van der Waals surface area contributed by atoms with Gasteiger partial charge in [0.2, 0.25) is 5.91 Å². The van der Waals surface area contributed by atoms with Crippen molar-refractivity contribution >= 4 is 12.2 Å². The Morgan fingerprint density at radius 2 is 2.12 bits per heavy atom. The van der Waals surface area contributed by atoms with E-state index in [2.05, 4.69) is 0 Å². The Kier molecular flexibility index (Phi) is 3.42. The minimum absolute atomic E-state index is 0.0853. The zero-order chi connectivity index (χ0) is 12.3. The van der Waals surface area contributed by atoms with Crippen molar-refractivity contribution in [2.24, 2.45) is 0 Å². The van der Waals surface area contributed by atoms with Crippen molar-refractivity contribution in [1.29, 1.82) is 0 Å². The lowest BCUT2D eigenvalue weighted by molar-refractivity contribution is -0.147. The molecule has 1 aliphatic heterocycles. The highest BCUT2D eigenvalue weighted by Gasteiger charge is 2.35. The van der Waals surface area contributed by atoms with Gasteiger partial charge in [-0.25, -0.2) is 0 Å². The summed E-state index contributed by atoms with van der Waals surface area (Å²) in [5.41, 5.74) is 1.05. The van der Waals surface area contributed by atoms with Crippen molar-refractivity contribution in [2.75, 3.05) is 7.11 Å². The van der Waals surface area contributed by atoms with Gasteiger partial charge in [0.15, 0.2) is 0 Å². The molecule has 4 nitrogen and oxygen atoms in total. The third kappa shape index (κ3) is 2.46. The van der Waals surface area contributed by atoms with Crippen LogP contribution in [0.3, 0.4) is 0 Å². The van der Waals surface area contributed by atoms with Crippen molar-refractivity contribution in [3.8, 4) is 5.75 Å². The largest absolute Gasteiger partial charge is 0.497 e. The first-order valence-corrected chi connectivity index (χ1v) is 5.60. The van der Waals surface area contributed by atoms with Crippen LogP contribution in [0.4, 0.5) is 0 Å². The van der Waals surface area contributed by atoms with Gasteiger partial charge in [0.25, 0.3) is 0 Å². The second kappa shape index (κ2) is 4.99. The van der Waals surface area contributed by atoms with Gasteiger partial charge in [-0.3, -0.25) is 4.79 Å². The molecule has 1 aromatic carbocycles. The number of carbonyl (C=O) groups excluding carboxylic acids is 2. The molecule has 90 valence electrons. The summed E-state index contributed by atoms with van der Waals surface area (Å²) in [6.07, 6.45) is 1.80. The van der Waals surface area contributed by atoms with Crippen LogP contribution in [-0.4, -0.2) is 30.2 Å². The first kappa shape index (κ1) is 11.6. The maximum atomic E-state index is 11.4. The van der Waals surface area contributed by atoms with E-state index in [1.807, 2.05) is 24.3 Å². The molecule has 0 aliphatic carbocycles. The lowest BCUT2D eigenvalue weighted by Gasteiger charge is -2.39. The number of ether oxygens (including phenoxy) is 1. The second-order valence-electron chi connectivity index (χ2n) is 4.13. The predicted octanol–water partition coefficient (Wildman–Crippen LogP) is 1.39. The van der Waals surface area contributed by atoms with Crippen molar-refractivity contribution in [3.05, 3.63) is 29.8 Å². The monoisotopic (exact) mass is 233 g/mol. The van der Waals surface area contributed by atoms with Crippen LogP contribution in [0, 0.1) is 0 Å². The Bertz CT molecular complexity index is 411. The Balaban J connectivity index is 1.99. The van der Waals surface area contributed by atoms with Crippen LogP contribution < -0.4 is 4.74 Å². The second-order valence-corrected chi connectivity index (χ2v) is 4.13. The van der Waals surface area contributed by atoms with E-state index in [1.54, 1.807) is 12.0 Å². The third-order valence-electron chi connectivity index (χ3n) is 3.05. The molecule has 0 spiro atoms. The molecule has 17 heavy (non-hydrogen) atoms. The van der Waals surface area contributed by atoms with Crippen LogP contribution in [0.2, 0.25) is 0 Å². The van der Waals surface area contributed by atoms with Gasteiger partial charge in [-0.2, -0.15) is 0 Å². The van der Waals surface area contributed by atoms with Crippen molar-refractivity contribution < 1.29 is 14.3 Å². The topological polar surface area (TPSA) is 46.6 Å². The molecule has 0 radical (unpaired) electrons. The molecule has 1 fully saturated rings. The molecule has 0 N–H and O–H groups in total. The number of rotatable bonds is 5. The summed E-state index contributed by atoms with van der Waals surface area (Å²) >= 11 is 0. The normalized spacial score (nSPS) is 18.8. The smallest absolute Gasteiger partial charge is 0.225 e. The average molecular weight is 233 g/mol. The first-order valence-electron chi connectivity index (χ1n) is 5.60. The fourth-order valence-electron chi connectivity index (χ4n) is 1.99. The van der Waals surface area contributed by atoms with E-state index >= 15 is 0 Å².